The van der Waals surface area contributed by atoms with Gasteiger partial charge in [0, 0.05) is 12.0 Å². The number of nitrogens with one attached hydrogen (secondary N) is 2. The predicted octanol–water partition coefficient (Wildman–Crippen LogP) is 2.95. The fourth-order valence-corrected chi connectivity index (χ4v) is 2.89. The quantitative estimate of drug-likeness (QED) is 0.721. The first-order valence-corrected chi connectivity index (χ1v) is 8.80. The molecule has 1 aliphatic heterocycles. The second kappa shape index (κ2) is 8.02. The van der Waals surface area contributed by atoms with E-state index in [0.717, 1.165) is 11.6 Å². The lowest BCUT2D eigenvalue weighted by molar-refractivity contribution is -0.125. The number of carbonyl (C=O) groups is 2. The number of anilines is 1. The third kappa shape index (κ3) is 4.79. The van der Waals surface area contributed by atoms with Crippen LogP contribution in [0.5, 0.6) is 11.5 Å². The summed E-state index contributed by atoms with van der Waals surface area (Å²) in [5.41, 5.74) is 0.0805. The molecule has 1 heterocycles. The van der Waals surface area contributed by atoms with Crippen LogP contribution < -0.4 is 20.1 Å². The first-order valence-electron chi connectivity index (χ1n) is 8.80. The molecule has 0 spiro atoms. The maximum absolute atomic E-state index is 13.5. The Morgan fingerprint density at radius 3 is 2.62 bits per heavy atom. The molecule has 6 nitrogen and oxygen atoms in total. The Labute approximate surface area is 165 Å². The lowest BCUT2D eigenvalue weighted by Crippen LogP contribution is -2.36. The number of para-hydroxylation sites is 1. The molecular weight excluding hydrogens is 389 g/mol. The minimum atomic E-state index is -1.69. The minimum absolute atomic E-state index is 0.364. The highest BCUT2D eigenvalue weighted by atomic mass is 19.2. The molecule has 0 saturated heterocycles. The SMILES string of the molecule is CC1(C)Cc2cccc(OCC(=O)NCC(=O)Nc3ccc(F)c(F)c3F)c2O1. The van der Waals surface area contributed by atoms with Crippen LogP contribution in [0.4, 0.5) is 18.9 Å². The monoisotopic (exact) mass is 408 g/mol. The van der Waals surface area contributed by atoms with Crippen molar-refractivity contribution >= 4 is 17.5 Å². The summed E-state index contributed by atoms with van der Waals surface area (Å²) in [5.74, 6) is -5.00. The van der Waals surface area contributed by atoms with E-state index in [0.29, 0.717) is 24.0 Å². The van der Waals surface area contributed by atoms with E-state index in [4.69, 9.17) is 9.47 Å². The zero-order valence-electron chi connectivity index (χ0n) is 15.8. The highest BCUT2D eigenvalue weighted by Crippen LogP contribution is 2.41. The van der Waals surface area contributed by atoms with Crippen LogP contribution in [-0.2, 0) is 16.0 Å². The van der Waals surface area contributed by atoms with Crippen molar-refractivity contribution in [2.24, 2.45) is 0 Å². The van der Waals surface area contributed by atoms with E-state index in [1.807, 2.05) is 19.9 Å². The van der Waals surface area contributed by atoms with Crippen LogP contribution in [-0.4, -0.2) is 30.6 Å². The molecule has 9 heteroatoms. The molecule has 0 unspecified atom stereocenters. The molecule has 29 heavy (non-hydrogen) atoms. The van der Waals surface area contributed by atoms with E-state index >= 15 is 0 Å². The zero-order chi connectivity index (χ0) is 21.2. The molecule has 2 aromatic carbocycles. The molecule has 2 aromatic rings. The third-order valence-corrected chi connectivity index (χ3v) is 4.17. The number of fused-ring (bicyclic) bond motifs is 1. The van der Waals surface area contributed by atoms with Crippen molar-refractivity contribution in [1.82, 2.24) is 5.32 Å². The molecule has 1 aliphatic rings. The van der Waals surface area contributed by atoms with Gasteiger partial charge in [0.05, 0.1) is 12.2 Å². The van der Waals surface area contributed by atoms with E-state index in [2.05, 4.69) is 10.6 Å². The van der Waals surface area contributed by atoms with Gasteiger partial charge >= 0.3 is 0 Å². The fraction of sp³-hybridized carbons (Fsp3) is 0.300. The number of hydrogen-bond donors (Lipinski definition) is 2. The summed E-state index contributed by atoms with van der Waals surface area (Å²) in [4.78, 5) is 23.7. The van der Waals surface area contributed by atoms with Crippen LogP contribution >= 0.6 is 0 Å². The van der Waals surface area contributed by atoms with E-state index in [1.165, 1.54) is 0 Å². The van der Waals surface area contributed by atoms with Crippen molar-refractivity contribution in [2.75, 3.05) is 18.5 Å². The second-order valence-corrected chi connectivity index (χ2v) is 7.12. The van der Waals surface area contributed by atoms with Gasteiger partial charge in [0.1, 0.15) is 5.60 Å². The zero-order valence-corrected chi connectivity index (χ0v) is 15.8. The third-order valence-electron chi connectivity index (χ3n) is 4.17. The van der Waals surface area contributed by atoms with Gasteiger partial charge in [-0.3, -0.25) is 9.59 Å². The largest absolute Gasteiger partial charge is 0.483 e. The van der Waals surface area contributed by atoms with Gasteiger partial charge < -0.3 is 20.1 Å². The molecular formula is C20H19F3N2O4. The fourth-order valence-electron chi connectivity index (χ4n) is 2.89. The average molecular weight is 408 g/mol. The van der Waals surface area contributed by atoms with E-state index in [9.17, 15) is 22.8 Å². The number of halogens is 3. The number of rotatable bonds is 6. The van der Waals surface area contributed by atoms with Gasteiger partial charge in [-0.25, -0.2) is 13.2 Å². The number of amides is 2. The van der Waals surface area contributed by atoms with Crippen LogP contribution in [0.3, 0.4) is 0 Å². The number of carbonyl (C=O) groups excluding carboxylic acids is 2. The normalized spacial score (nSPS) is 14.0. The number of benzene rings is 2. The van der Waals surface area contributed by atoms with Crippen molar-refractivity contribution in [2.45, 2.75) is 25.9 Å². The maximum atomic E-state index is 13.5. The number of ether oxygens (including phenoxy) is 2. The Kier molecular flexibility index (Phi) is 5.67. The van der Waals surface area contributed by atoms with E-state index in [-0.39, 0.29) is 12.2 Å². The topological polar surface area (TPSA) is 76.7 Å². The van der Waals surface area contributed by atoms with Crippen LogP contribution in [0.1, 0.15) is 19.4 Å². The summed E-state index contributed by atoms with van der Waals surface area (Å²) in [6.07, 6.45) is 0.715. The van der Waals surface area contributed by atoms with Crippen molar-refractivity contribution in [3.8, 4) is 11.5 Å². The molecule has 0 fully saturated rings. The molecule has 3 rings (SSSR count). The van der Waals surface area contributed by atoms with Gasteiger partial charge in [0.25, 0.3) is 5.91 Å². The molecule has 0 radical (unpaired) electrons. The van der Waals surface area contributed by atoms with Gasteiger partial charge in [-0.15, -0.1) is 0 Å². The Morgan fingerprint density at radius 1 is 1.10 bits per heavy atom. The average Bonchev–Trinajstić information content (AvgIpc) is 2.99. The Morgan fingerprint density at radius 2 is 1.86 bits per heavy atom. The summed E-state index contributed by atoms with van der Waals surface area (Å²) in [6.45, 7) is 3.01. The van der Waals surface area contributed by atoms with Crippen LogP contribution in [0.2, 0.25) is 0 Å². The first kappa shape index (κ1) is 20.5. The molecule has 0 aliphatic carbocycles. The highest BCUT2D eigenvalue weighted by molar-refractivity contribution is 5.94. The van der Waals surface area contributed by atoms with Gasteiger partial charge in [0.2, 0.25) is 5.91 Å². The molecule has 0 bridgehead atoms. The smallest absolute Gasteiger partial charge is 0.258 e. The number of hydrogen-bond acceptors (Lipinski definition) is 4. The lowest BCUT2D eigenvalue weighted by Gasteiger charge is -2.18. The van der Waals surface area contributed by atoms with E-state index in [1.54, 1.807) is 12.1 Å². The maximum Gasteiger partial charge on any atom is 0.258 e. The first-order chi connectivity index (χ1) is 13.7. The summed E-state index contributed by atoms with van der Waals surface area (Å²) in [7, 11) is 0. The Balaban J connectivity index is 1.50. The van der Waals surface area contributed by atoms with Gasteiger partial charge in [0.15, 0.2) is 35.6 Å². The molecule has 0 aromatic heterocycles. The predicted molar refractivity (Wildman–Crippen MR) is 98.3 cm³/mol. The highest BCUT2D eigenvalue weighted by Gasteiger charge is 2.32. The second-order valence-electron chi connectivity index (χ2n) is 7.12. The molecule has 154 valence electrons. The molecule has 2 amide bonds. The molecule has 2 N–H and O–H groups in total. The summed E-state index contributed by atoms with van der Waals surface area (Å²) < 4.78 is 50.9. The van der Waals surface area contributed by atoms with Crippen molar-refractivity contribution in [3.05, 3.63) is 53.3 Å². The lowest BCUT2D eigenvalue weighted by atomic mass is 10.0. The molecule has 0 atom stereocenters. The van der Waals surface area contributed by atoms with Crippen LogP contribution in [0.15, 0.2) is 30.3 Å². The van der Waals surface area contributed by atoms with Crippen LogP contribution in [0, 0.1) is 17.5 Å². The summed E-state index contributed by atoms with van der Waals surface area (Å²) in [5, 5.41) is 4.35. The van der Waals surface area contributed by atoms with Gasteiger partial charge in [-0.05, 0) is 32.0 Å². The van der Waals surface area contributed by atoms with Gasteiger partial charge in [-0.1, -0.05) is 12.1 Å². The van der Waals surface area contributed by atoms with Crippen molar-refractivity contribution in [3.63, 3.8) is 0 Å². The van der Waals surface area contributed by atoms with Crippen molar-refractivity contribution in [1.29, 1.82) is 0 Å². The molecule has 0 saturated carbocycles. The van der Waals surface area contributed by atoms with Gasteiger partial charge in [-0.2, -0.15) is 0 Å². The standard InChI is InChI=1S/C20H19F3N2O4/c1-20(2)8-11-4-3-5-14(19(11)29-20)28-10-16(27)24-9-15(26)25-13-7-6-12(21)17(22)18(13)23/h3-7H,8-10H2,1-2H3,(H,24,27)(H,25,26). The summed E-state index contributed by atoms with van der Waals surface area (Å²) in [6, 6.07) is 6.95. The van der Waals surface area contributed by atoms with Crippen LogP contribution in [0.25, 0.3) is 0 Å². The minimum Gasteiger partial charge on any atom is -0.483 e. The van der Waals surface area contributed by atoms with E-state index < -0.39 is 41.5 Å². The Bertz CT molecular complexity index is 963. The Hall–Kier alpha value is -3.23. The van der Waals surface area contributed by atoms with Crippen molar-refractivity contribution < 1.29 is 32.2 Å². The summed E-state index contributed by atoms with van der Waals surface area (Å²) >= 11 is 0.